The first-order chi connectivity index (χ1) is 8.84. The van der Waals surface area contributed by atoms with Crippen LogP contribution in [0.2, 0.25) is 0 Å². The lowest BCUT2D eigenvalue weighted by Crippen LogP contribution is -2.40. The molecule has 0 spiro atoms. The number of hydrogen-bond donors (Lipinski definition) is 0. The van der Waals surface area contributed by atoms with Crippen LogP contribution < -0.4 is 0 Å². The Balaban J connectivity index is 1.73. The minimum absolute atomic E-state index is 0.0496. The molecule has 0 N–H and O–H groups in total. The molecule has 3 rings (SSSR count). The molecule has 1 fully saturated rings. The molecule has 5 heteroatoms. The Morgan fingerprint density at radius 1 is 1.50 bits per heavy atom. The summed E-state index contributed by atoms with van der Waals surface area (Å²) in [5, 5.41) is 0. The molecule has 1 aliphatic rings. The second kappa shape index (κ2) is 4.68. The van der Waals surface area contributed by atoms with Crippen LogP contribution in [0.5, 0.6) is 0 Å². The third-order valence-electron chi connectivity index (χ3n) is 3.40. The van der Waals surface area contributed by atoms with Crippen LogP contribution in [0.1, 0.15) is 29.2 Å². The SMILES string of the molecule is O=C(c1ccoc1)N1CCCC(n2ccnc2)C1. The summed E-state index contributed by atoms with van der Waals surface area (Å²) < 4.78 is 7.04. The van der Waals surface area contributed by atoms with Crippen molar-refractivity contribution in [2.45, 2.75) is 18.9 Å². The van der Waals surface area contributed by atoms with Crippen LogP contribution in [-0.2, 0) is 0 Å². The van der Waals surface area contributed by atoms with Crippen molar-refractivity contribution in [2.24, 2.45) is 0 Å². The van der Waals surface area contributed by atoms with Gasteiger partial charge in [0.05, 0.1) is 24.2 Å². The largest absolute Gasteiger partial charge is 0.472 e. The minimum atomic E-state index is 0.0496. The van der Waals surface area contributed by atoms with E-state index in [9.17, 15) is 4.79 Å². The summed E-state index contributed by atoms with van der Waals surface area (Å²) in [6.45, 7) is 1.55. The van der Waals surface area contributed by atoms with Gasteiger partial charge in [0.2, 0.25) is 0 Å². The van der Waals surface area contributed by atoms with Gasteiger partial charge in [0.25, 0.3) is 5.91 Å². The predicted octanol–water partition coefficient (Wildman–Crippen LogP) is 1.95. The molecule has 2 aromatic rings. The molecule has 0 aromatic carbocycles. The summed E-state index contributed by atoms with van der Waals surface area (Å²) in [6.07, 6.45) is 10.7. The monoisotopic (exact) mass is 245 g/mol. The van der Waals surface area contributed by atoms with Gasteiger partial charge >= 0.3 is 0 Å². The highest BCUT2D eigenvalue weighted by Gasteiger charge is 2.25. The van der Waals surface area contributed by atoms with Gasteiger partial charge in [-0.3, -0.25) is 4.79 Å². The lowest BCUT2D eigenvalue weighted by atomic mass is 10.0. The standard InChI is InChI=1S/C13H15N3O2/c17-13(11-3-7-18-9-11)15-5-1-2-12(8-15)16-6-4-14-10-16/h3-4,6-7,9-10,12H,1-2,5,8H2. The van der Waals surface area contributed by atoms with E-state index in [0.29, 0.717) is 11.6 Å². The van der Waals surface area contributed by atoms with Gasteiger partial charge in [-0.15, -0.1) is 0 Å². The number of imidazole rings is 1. The van der Waals surface area contributed by atoms with Crippen LogP contribution in [0.15, 0.2) is 41.7 Å². The molecule has 1 atom stereocenters. The number of carbonyl (C=O) groups is 1. The second-order valence-electron chi connectivity index (χ2n) is 4.57. The van der Waals surface area contributed by atoms with E-state index in [2.05, 4.69) is 9.55 Å². The van der Waals surface area contributed by atoms with Gasteiger partial charge < -0.3 is 13.9 Å². The number of amides is 1. The van der Waals surface area contributed by atoms with E-state index in [1.54, 1.807) is 12.3 Å². The minimum Gasteiger partial charge on any atom is -0.472 e. The smallest absolute Gasteiger partial charge is 0.257 e. The first-order valence-electron chi connectivity index (χ1n) is 6.13. The number of aromatic nitrogens is 2. The molecule has 0 radical (unpaired) electrons. The molecule has 2 aromatic heterocycles. The molecule has 18 heavy (non-hydrogen) atoms. The van der Waals surface area contributed by atoms with Gasteiger partial charge in [0.1, 0.15) is 6.26 Å². The van der Waals surface area contributed by atoms with Crippen molar-refractivity contribution < 1.29 is 9.21 Å². The molecular formula is C13H15N3O2. The Hall–Kier alpha value is -2.04. The Bertz CT molecular complexity index is 504. The Morgan fingerprint density at radius 3 is 3.17 bits per heavy atom. The molecule has 5 nitrogen and oxygen atoms in total. The summed E-state index contributed by atoms with van der Waals surface area (Å²) >= 11 is 0. The van der Waals surface area contributed by atoms with Crippen LogP contribution in [-0.4, -0.2) is 33.4 Å². The number of carbonyl (C=O) groups excluding carboxylic acids is 1. The normalized spacial score (nSPS) is 20.0. The number of furan rings is 1. The molecular weight excluding hydrogens is 230 g/mol. The molecule has 3 heterocycles. The molecule has 94 valence electrons. The van der Waals surface area contributed by atoms with E-state index >= 15 is 0 Å². The summed E-state index contributed by atoms with van der Waals surface area (Å²) in [7, 11) is 0. The van der Waals surface area contributed by atoms with Crippen LogP contribution >= 0.6 is 0 Å². The Labute approximate surface area is 105 Å². The van der Waals surface area contributed by atoms with Crippen LogP contribution in [0.3, 0.4) is 0 Å². The van der Waals surface area contributed by atoms with Crippen molar-refractivity contribution in [2.75, 3.05) is 13.1 Å². The van der Waals surface area contributed by atoms with Crippen molar-refractivity contribution in [1.82, 2.24) is 14.5 Å². The van der Waals surface area contributed by atoms with Gasteiger partial charge in [-0.05, 0) is 18.9 Å². The van der Waals surface area contributed by atoms with Gasteiger partial charge in [0, 0.05) is 25.5 Å². The molecule has 0 saturated carbocycles. The highest BCUT2D eigenvalue weighted by atomic mass is 16.3. The molecule has 1 saturated heterocycles. The zero-order valence-corrected chi connectivity index (χ0v) is 10.0. The molecule has 1 unspecified atom stereocenters. The van der Waals surface area contributed by atoms with E-state index in [0.717, 1.165) is 25.9 Å². The predicted molar refractivity (Wildman–Crippen MR) is 65.1 cm³/mol. The van der Waals surface area contributed by atoms with Crippen LogP contribution in [0, 0.1) is 0 Å². The van der Waals surface area contributed by atoms with Crippen molar-refractivity contribution in [3.63, 3.8) is 0 Å². The maximum absolute atomic E-state index is 12.2. The number of rotatable bonds is 2. The van der Waals surface area contributed by atoms with Crippen molar-refractivity contribution >= 4 is 5.91 Å². The Morgan fingerprint density at radius 2 is 2.44 bits per heavy atom. The molecule has 1 amide bonds. The lowest BCUT2D eigenvalue weighted by molar-refractivity contribution is 0.0678. The van der Waals surface area contributed by atoms with Gasteiger partial charge in [-0.2, -0.15) is 0 Å². The van der Waals surface area contributed by atoms with E-state index in [4.69, 9.17) is 4.42 Å². The number of likely N-dealkylation sites (tertiary alicyclic amines) is 1. The summed E-state index contributed by atoms with van der Waals surface area (Å²) in [4.78, 5) is 18.2. The van der Waals surface area contributed by atoms with Gasteiger partial charge in [-0.1, -0.05) is 0 Å². The molecule has 1 aliphatic heterocycles. The summed E-state index contributed by atoms with van der Waals surface area (Å²) in [5.74, 6) is 0.0496. The molecule has 0 aliphatic carbocycles. The van der Waals surface area contributed by atoms with Crippen molar-refractivity contribution in [3.05, 3.63) is 42.9 Å². The maximum Gasteiger partial charge on any atom is 0.257 e. The van der Waals surface area contributed by atoms with E-state index in [1.165, 1.54) is 12.5 Å². The number of hydrogen-bond acceptors (Lipinski definition) is 3. The fraction of sp³-hybridized carbons (Fsp3) is 0.385. The van der Waals surface area contributed by atoms with Crippen LogP contribution in [0.4, 0.5) is 0 Å². The first kappa shape index (κ1) is 11.1. The van der Waals surface area contributed by atoms with Crippen molar-refractivity contribution in [3.8, 4) is 0 Å². The lowest BCUT2D eigenvalue weighted by Gasteiger charge is -2.33. The van der Waals surface area contributed by atoms with Gasteiger partial charge in [0.15, 0.2) is 0 Å². The fourth-order valence-electron chi connectivity index (χ4n) is 2.44. The van der Waals surface area contributed by atoms with Crippen LogP contribution in [0.25, 0.3) is 0 Å². The van der Waals surface area contributed by atoms with Crippen molar-refractivity contribution in [1.29, 1.82) is 0 Å². The first-order valence-corrected chi connectivity index (χ1v) is 6.13. The highest BCUT2D eigenvalue weighted by molar-refractivity contribution is 5.93. The zero-order valence-electron chi connectivity index (χ0n) is 10.0. The maximum atomic E-state index is 12.2. The summed E-state index contributed by atoms with van der Waals surface area (Å²) in [5.41, 5.74) is 0.626. The average molecular weight is 245 g/mol. The van der Waals surface area contributed by atoms with E-state index in [1.807, 2.05) is 17.4 Å². The summed E-state index contributed by atoms with van der Waals surface area (Å²) in [6, 6.07) is 2.04. The fourth-order valence-corrected chi connectivity index (χ4v) is 2.44. The van der Waals surface area contributed by atoms with E-state index < -0.39 is 0 Å². The topological polar surface area (TPSA) is 51.3 Å². The third kappa shape index (κ3) is 2.03. The average Bonchev–Trinajstić information content (AvgIpc) is 3.11. The number of piperidine rings is 1. The quantitative estimate of drug-likeness (QED) is 0.812. The molecule has 0 bridgehead atoms. The van der Waals surface area contributed by atoms with Gasteiger partial charge in [-0.25, -0.2) is 4.98 Å². The highest BCUT2D eigenvalue weighted by Crippen LogP contribution is 2.22. The third-order valence-corrected chi connectivity index (χ3v) is 3.40. The zero-order chi connectivity index (χ0) is 12.4. The Kier molecular flexibility index (Phi) is 2.88. The number of nitrogens with zero attached hydrogens (tertiary/aromatic N) is 3. The second-order valence-corrected chi connectivity index (χ2v) is 4.57. The van der Waals surface area contributed by atoms with E-state index in [-0.39, 0.29) is 5.91 Å².